The Morgan fingerprint density at radius 2 is 1.86 bits per heavy atom. The lowest BCUT2D eigenvalue weighted by Crippen LogP contribution is -2.21. The molecule has 114 valence electrons. The van der Waals surface area contributed by atoms with Gasteiger partial charge in [-0.3, -0.25) is 0 Å². The van der Waals surface area contributed by atoms with Crippen molar-refractivity contribution in [2.75, 3.05) is 18.0 Å². The molecule has 1 N–H and O–H groups in total. The standard InChI is InChI=1S/C16H16FN3O2/c17-12-5-3-11(4-6-12)9-14-18-13(16(21)22)10-15(19-14)20-7-1-2-8-20/h3-6,10H,1-2,7-9H2,(H,21,22). The minimum atomic E-state index is -1.07. The number of carbonyl (C=O) groups is 1. The van der Waals surface area contributed by atoms with E-state index in [-0.39, 0.29) is 11.5 Å². The van der Waals surface area contributed by atoms with E-state index in [1.807, 2.05) is 0 Å². The minimum Gasteiger partial charge on any atom is -0.477 e. The maximum atomic E-state index is 12.9. The van der Waals surface area contributed by atoms with Gasteiger partial charge in [-0.05, 0) is 30.5 Å². The zero-order valence-electron chi connectivity index (χ0n) is 12.0. The molecule has 1 aromatic heterocycles. The van der Waals surface area contributed by atoms with Crippen LogP contribution < -0.4 is 4.90 Å². The first-order valence-corrected chi connectivity index (χ1v) is 7.22. The summed E-state index contributed by atoms with van der Waals surface area (Å²) in [7, 11) is 0. The predicted molar refractivity (Wildman–Crippen MR) is 79.6 cm³/mol. The second-order valence-electron chi connectivity index (χ2n) is 5.33. The molecule has 0 unspecified atom stereocenters. The summed E-state index contributed by atoms with van der Waals surface area (Å²) >= 11 is 0. The molecule has 0 atom stereocenters. The summed E-state index contributed by atoms with van der Waals surface area (Å²) in [4.78, 5) is 21.9. The van der Waals surface area contributed by atoms with Crippen LogP contribution in [0, 0.1) is 5.82 Å². The fourth-order valence-corrected chi connectivity index (χ4v) is 2.56. The van der Waals surface area contributed by atoms with Gasteiger partial charge in [0.1, 0.15) is 17.5 Å². The summed E-state index contributed by atoms with van der Waals surface area (Å²) in [5, 5.41) is 9.22. The Morgan fingerprint density at radius 3 is 2.50 bits per heavy atom. The van der Waals surface area contributed by atoms with Gasteiger partial charge in [0.15, 0.2) is 5.69 Å². The van der Waals surface area contributed by atoms with Crippen LogP contribution in [0.4, 0.5) is 10.2 Å². The zero-order valence-corrected chi connectivity index (χ0v) is 12.0. The Kier molecular flexibility index (Phi) is 4.00. The molecule has 5 nitrogen and oxygen atoms in total. The van der Waals surface area contributed by atoms with E-state index in [1.165, 1.54) is 18.2 Å². The molecule has 1 aromatic carbocycles. The Morgan fingerprint density at radius 1 is 1.18 bits per heavy atom. The van der Waals surface area contributed by atoms with Crippen molar-refractivity contribution in [3.63, 3.8) is 0 Å². The SMILES string of the molecule is O=C(O)c1cc(N2CCCC2)nc(Cc2ccc(F)cc2)n1. The second kappa shape index (κ2) is 6.09. The number of aromatic nitrogens is 2. The highest BCUT2D eigenvalue weighted by Gasteiger charge is 2.18. The highest BCUT2D eigenvalue weighted by atomic mass is 19.1. The molecular weight excluding hydrogens is 285 g/mol. The van der Waals surface area contributed by atoms with Gasteiger partial charge in [0.25, 0.3) is 0 Å². The first-order valence-electron chi connectivity index (χ1n) is 7.22. The van der Waals surface area contributed by atoms with Gasteiger partial charge in [0.05, 0.1) is 0 Å². The number of aromatic carboxylic acids is 1. The Labute approximate surface area is 127 Å². The summed E-state index contributed by atoms with van der Waals surface area (Å²) in [5.74, 6) is -0.277. The van der Waals surface area contributed by atoms with Crippen LogP contribution in [0.15, 0.2) is 30.3 Å². The normalized spacial score (nSPS) is 14.3. The highest BCUT2D eigenvalue weighted by molar-refractivity contribution is 5.86. The van der Waals surface area contributed by atoms with Gasteiger partial charge in [0, 0.05) is 25.6 Å². The van der Waals surface area contributed by atoms with Gasteiger partial charge >= 0.3 is 5.97 Å². The Bertz CT molecular complexity index is 682. The fraction of sp³-hybridized carbons (Fsp3) is 0.312. The van der Waals surface area contributed by atoms with Crippen LogP contribution in [0.1, 0.15) is 34.7 Å². The number of carboxylic acid groups (broad SMARTS) is 1. The van der Waals surface area contributed by atoms with Crippen molar-refractivity contribution in [1.29, 1.82) is 0 Å². The Hall–Kier alpha value is -2.50. The van der Waals surface area contributed by atoms with Gasteiger partial charge in [-0.2, -0.15) is 0 Å². The number of hydrogen-bond donors (Lipinski definition) is 1. The molecule has 1 aliphatic rings. The van der Waals surface area contributed by atoms with E-state index in [4.69, 9.17) is 0 Å². The molecule has 1 saturated heterocycles. The van der Waals surface area contributed by atoms with Gasteiger partial charge in [0.2, 0.25) is 0 Å². The molecule has 0 amide bonds. The quantitative estimate of drug-likeness (QED) is 0.940. The van der Waals surface area contributed by atoms with Crippen LogP contribution in [-0.2, 0) is 6.42 Å². The summed E-state index contributed by atoms with van der Waals surface area (Å²) in [5.41, 5.74) is 0.838. The maximum absolute atomic E-state index is 12.9. The molecule has 0 radical (unpaired) electrons. The largest absolute Gasteiger partial charge is 0.477 e. The monoisotopic (exact) mass is 301 g/mol. The maximum Gasteiger partial charge on any atom is 0.354 e. The molecule has 0 aliphatic carbocycles. The average Bonchev–Trinajstić information content (AvgIpc) is 3.04. The molecule has 0 spiro atoms. The molecular formula is C16H16FN3O2. The van der Waals surface area contributed by atoms with Crippen LogP contribution >= 0.6 is 0 Å². The van der Waals surface area contributed by atoms with E-state index in [0.29, 0.717) is 18.1 Å². The molecule has 0 bridgehead atoms. The molecule has 1 fully saturated rings. The van der Waals surface area contributed by atoms with Crippen LogP contribution in [0.3, 0.4) is 0 Å². The summed E-state index contributed by atoms with van der Waals surface area (Å²) in [6, 6.07) is 7.57. The van der Waals surface area contributed by atoms with Crippen LogP contribution in [0.5, 0.6) is 0 Å². The first-order chi connectivity index (χ1) is 10.6. The number of rotatable bonds is 4. The van der Waals surface area contributed by atoms with Crippen molar-refractivity contribution in [3.05, 3.63) is 53.2 Å². The van der Waals surface area contributed by atoms with E-state index in [9.17, 15) is 14.3 Å². The molecule has 0 saturated carbocycles. The van der Waals surface area contributed by atoms with Crippen molar-refractivity contribution in [2.24, 2.45) is 0 Å². The number of anilines is 1. The van der Waals surface area contributed by atoms with E-state index in [1.54, 1.807) is 12.1 Å². The van der Waals surface area contributed by atoms with Crippen LogP contribution in [-0.4, -0.2) is 34.1 Å². The smallest absolute Gasteiger partial charge is 0.354 e. The van der Waals surface area contributed by atoms with Gasteiger partial charge < -0.3 is 10.0 Å². The molecule has 2 heterocycles. The fourth-order valence-electron chi connectivity index (χ4n) is 2.56. The second-order valence-corrected chi connectivity index (χ2v) is 5.33. The molecule has 6 heteroatoms. The summed E-state index contributed by atoms with van der Waals surface area (Å²) in [6.07, 6.45) is 2.54. The van der Waals surface area contributed by atoms with Crippen molar-refractivity contribution >= 4 is 11.8 Å². The number of hydrogen-bond acceptors (Lipinski definition) is 4. The summed E-state index contributed by atoms with van der Waals surface area (Å²) < 4.78 is 12.9. The molecule has 2 aromatic rings. The zero-order chi connectivity index (χ0) is 15.5. The highest BCUT2D eigenvalue weighted by Crippen LogP contribution is 2.20. The van der Waals surface area contributed by atoms with Gasteiger partial charge in [-0.25, -0.2) is 19.2 Å². The number of halogens is 1. The third-order valence-corrected chi connectivity index (χ3v) is 3.68. The molecule has 3 rings (SSSR count). The van der Waals surface area contributed by atoms with Crippen LogP contribution in [0.2, 0.25) is 0 Å². The number of nitrogens with zero attached hydrogens (tertiary/aromatic N) is 3. The lowest BCUT2D eigenvalue weighted by molar-refractivity contribution is 0.0690. The predicted octanol–water partition coefficient (Wildman–Crippen LogP) is 2.50. The van der Waals surface area contributed by atoms with E-state index < -0.39 is 5.97 Å². The summed E-state index contributed by atoms with van der Waals surface area (Å²) in [6.45, 7) is 1.76. The lowest BCUT2D eigenvalue weighted by atomic mass is 10.1. The van der Waals surface area contributed by atoms with E-state index in [2.05, 4.69) is 14.9 Å². The van der Waals surface area contributed by atoms with Crippen molar-refractivity contribution in [1.82, 2.24) is 9.97 Å². The first kappa shape index (κ1) is 14.4. The topological polar surface area (TPSA) is 66.3 Å². The number of carboxylic acids is 1. The minimum absolute atomic E-state index is 0.00554. The van der Waals surface area contributed by atoms with Crippen molar-refractivity contribution < 1.29 is 14.3 Å². The lowest BCUT2D eigenvalue weighted by Gasteiger charge is -2.17. The molecule has 1 aliphatic heterocycles. The van der Waals surface area contributed by atoms with Crippen molar-refractivity contribution in [3.8, 4) is 0 Å². The van der Waals surface area contributed by atoms with Crippen LogP contribution in [0.25, 0.3) is 0 Å². The van der Waals surface area contributed by atoms with Crippen molar-refractivity contribution in [2.45, 2.75) is 19.3 Å². The van der Waals surface area contributed by atoms with Gasteiger partial charge in [-0.1, -0.05) is 12.1 Å². The van der Waals surface area contributed by atoms with Gasteiger partial charge in [-0.15, -0.1) is 0 Å². The number of benzene rings is 1. The van der Waals surface area contributed by atoms with E-state index >= 15 is 0 Å². The molecule has 22 heavy (non-hydrogen) atoms. The third kappa shape index (κ3) is 3.21. The van der Waals surface area contributed by atoms with E-state index in [0.717, 1.165) is 31.5 Å². The Balaban J connectivity index is 1.91. The average molecular weight is 301 g/mol. The third-order valence-electron chi connectivity index (χ3n) is 3.68.